The maximum Gasteiger partial charge on any atom is 0.273 e. The molecule has 0 saturated carbocycles. The molecule has 4 nitrogen and oxygen atoms in total. The van der Waals surface area contributed by atoms with Crippen molar-refractivity contribution in [3.05, 3.63) is 17.0 Å². The number of rotatable bonds is 6. The molecule has 1 rings (SSSR count). The second-order valence-electron chi connectivity index (χ2n) is 3.46. The van der Waals surface area contributed by atoms with Crippen LogP contribution in [-0.4, -0.2) is 27.4 Å². The van der Waals surface area contributed by atoms with Gasteiger partial charge in [-0.15, -0.1) is 23.7 Å². The molecule has 0 aromatic carbocycles. The molecule has 3 N–H and O–H groups in total. The van der Waals surface area contributed by atoms with Crippen molar-refractivity contribution >= 4 is 33.8 Å². The van der Waals surface area contributed by atoms with Gasteiger partial charge in [0.2, 0.25) is 10.0 Å². The van der Waals surface area contributed by atoms with Crippen molar-refractivity contribution in [1.82, 2.24) is 4.72 Å². The fourth-order valence-corrected chi connectivity index (χ4v) is 3.44. The van der Waals surface area contributed by atoms with Crippen LogP contribution in [0.5, 0.6) is 0 Å². The lowest BCUT2D eigenvalue weighted by Gasteiger charge is -2.13. The second-order valence-corrected chi connectivity index (χ2v) is 6.62. The lowest BCUT2D eigenvalue weighted by Crippen LogP contribution is -2.41. The van der Waals surface area contributed by atoms with E-state index in [0.29, 0.717) is 6.42 Å². The fourth-order valence-electron chi connectivity index (χ4n) is 1.04. The van der Waals surface area contributed by atoms with Gasteiger partial charge >= 0.3 is 0 Å². The molecule has 0 bridgehead atoms. The first kappa shape index (κ1) is 17.7. The van der Waals surface area contributed by atoms with Crippen LogP contribution in [0.3, 0.4) is 0 Å². The molecule has 0 aliphatic carbocycles. The smallest absolute Gasteiger partial charge is 0.273 e. The Labute approximate surface area is 115 Å². The van der Waals surface area contributed by atoms with E-state index in [1.807, 2.05) is 11.6 Å². The summed E-state index contributed by atoms with van der Waals surface area (Å²) in [4.78, 5) is 0.885. The van der Waals surface area contributed by atoms with E-state index in [2.05, 4.69) is 0 Å². The summed E-state index contributed by atoms with van der Waals surface area (Å²) in [6.45, 7) is 0.0175. The first-order valence-electron chi connectivity index (χ1n) is 4.97. The number of thiophene rings is 1. The van der Waals surface area contributed by atoms with Crippen LogP contribution in [0.15, 0.2) is 16.3 Å². The van der Waals surface area contributed by atoms with E-state index in [-0.39, 0.29) is 16.6 Å². The van der Waals surface area contributed by atoms with Gasteiger partial charge in [-0.1, -0.05) is 6.92 Å². The van der Waals surface area contributed by atoms with Crippen molar-refractivity contribution in [3.8, 4) is 0 Å². The van der Waals surface area contributed by atoms with Crippen molar-refractivity contribution in [2.45, 2.75) is 23.5 Å². The molecule has 0 aliphatic heterocycles. The largest absolute Gasteiger partial charge is 0.325 e. The number of alkyl halides is 2. The highest BCUT2D eigenvalue weighted by atomic mass is 35.5. The van der Waals surface area contributed by atoms with Crippen molar-refractivity contribution in [1.29, 1.82) is 0 Å². The van der Waals surface area contributed by atoms with E-state index in [1.165, 1.54) is 6.07 Å². The van der Waals surface area contributed by atoms with Gasteiger partial charge in [0.05, 0.1) is 13.1 Å². The van der Waals surface area contributed by atoms with E-state index < -0.39 is 29.0 Å². The average molecular weight is 321 g/mol. The Morgan fingerprint density at radius 1 is 1.44 bits per heavy atom. The van der Waals surface area contributed by atoms with Crippen LogP contribution in [-0.2, 0) is 16.4 Å². The normalized spacial score (nSPS) is 12.2. The van der Waals surface area contributed by atoms with Gasteiger partial charge in [0.1, 0.15) is 4.21 Å². The van der Waals surface area contributed by atoms with E-state index in [4.69, 9.17) is 5.73 Å². The highest BCUT2D eigenvalue weighted by Crippen LogP contribution is 2.22. The Morgan fingerprint density at radius 3 is 2.50 bits per heavy atom. The standard InChI is InChI=1S/C9H14F2N2O2S2.ClH/c1-2-7-3-4-8(16-7)17(14,15)13-6-9(10,11)5-12;/h3-4,13H,2,5-6,12H2,1H3;1H. The summed E-state index contributed by atoms with van der Waals surface area (Å²) in [5.41, 5.74) is 4.82. The minimum Gasteiger partial charge on any atom is -0.325 e. The van der Waals surface area contributed by atoms with Crippen LogP contribution in [0.4, 0.5) is 8.78 Å². The zero-order valence-electron chi connectivity index (χ0n) is 9.65. The summed E-state index contributed by atoms with van der Waals surface area (Å²) in [5.74, 6) is -3.22. The molecule has 1 aromatic rings. The molecule has 0 aliphatic rings. The maximum atomic E-state index is 12.8. The fraction of sp³-hybridized carbons (Fsp3) is 0.556. The molecule has 1 aromatic heterocycles. The van der Waals surface area contributed by atoms with Gasteiger partial charge in [-0.2, -0.15) is 0 Å². The number of halogens is 3. The van der Waals surface area contributed by atoms with Crippen LogP contribution in [0, 0.1) is 0 Å². The molecule has 0 amide bonds. The zero-order chi connectivity index (χ0) is 13.1. The number of aryl methyl sites for hydroxylation is 1. The minimum atomic E-state index is -3.86. The number of nitrogens with one attached hydrogen (secondary N) is 1. The van der Waals surface area contributed by atoms with Crippen molar-refractivity contribution < 1.29 is 17.2 Å². The maximum absolute atomic E-state index is 12.8. The van der Waals surface area contributed by atoms with Gasteiger partial charge in [0.15, 0.2) is 0 Å². The minimum absolute atomic E-state index is 0. The zero-order valence-corrected chi connectivity index (χ0v) is 12.1. The predicted molar refractivity (Wildman–Crippen MR) is 70.1 cm³/mol. The summed E-state index contributed by atoms with van der Waals surface area (Å²) in [6.07, 6.45) is 0.707. The van der Waals surface area contributed by atoms with Crippen LogP contribution >= 0.6 is 23.7 Å². The van der Waals surface area contributed by atoms with Gasteiger partial charge in [-0.25, -0.2) is 21.9 Å². The Balaban J connectivity index is 0.00000289. The molecule has 0 unspecified atom stereocenters. The van der Waals surface area contributed by atoms with E-state index in [9.17, 15) is 17.2 Å². The van der Waals surface area contributed by atoms with E-state index in [1.54, 1.807) is 6.07 Å². The number of sulfonamides is 1. The summed E-state index contributed by atoms with van der Waals surface area (Å²) < 4.78 is 50.8. The molecule has 0 saturated heterocycles. The predicted octanol–water partition coefficient (Wildman–Crippen LogP) is 1.60. The topological polar surface area (TPSA) is 72.2 Å². The van der Waals surface area contributed by atoms with Crippen molar-refractivity contribution in [2.75, 3.05) is 13.1 Å². The quantitative estimate of drug-likeness (QED) is 0.836. The molecule has 106 valence electrons. The molecule has 9 heteroatoms. The third-order valence-corrected chi connectivity index (χ3v) is 5.19. The molecule has 18 heavy (non-hydrogen) atoms. The monoisotopic (exact) mass is 320 g/mol. The van der Waals surface area contributed by atoms with Gasteiger partial charge < -0.3 is 5.73 Å². The van der Waals surface area contributed by atoms with Gasteiger partial charge in [-0.05, 0) is 18.6 Å². The molecule has 0 radical (unpaired) electrons. The summed E-state index contributed by atoms with van der Waals surface area (Å²) in [6, 6.07) is 3.08. The van der Waals surface area contributed by atoms with Crippen LogP contribution < -0.4 is 10.5 Å². The molecular weight excluding hydrogens is 306 g/mol. The molecule has 0 atom stereocenters. The lowest BCUT2D eigenvalue weighted by atomic mass is 10.3. The molecule has 0 spiro atoms. The first-order valence-corrected chi connectivity index (χ1v) is 7.27. The SMILES string of the molecule is CCc1ccc(S(=O)(=O)NCC(F)(F)CN)s1.Cl. The van der Waals surface area contributed by atoms with Crippen molar-refractivity contribution in [3.63, 3.8) is 0 Å². The third-order valence-electron chi connectivity index (χ3n) is 2.07. The Kier molecular flexibility index (Phi) is 6.66. The Hall–Kier alpha value is -0.280. The van der Waals surface area contributed by atoms with Crippen LogP contribution in [0.1, 0.15) is 11.8 Å². The van der Waals surface area contributed by atoms with Gasteiger partial charge in [-0.3, -0.25) is 0 Å². The number of hydrogen-bond acceptors (Lipinski definition) is 4. The van der Waals surface area contributed by atoms with E-state index >= 15 is 0 Å². The molecule has 1 heterocycles. The second kappa shape index (κ2) is 6.76. The van der Waals surface area contributed by atoms with Crippen LogP contribution in [0.2, 0.25) is 0 Å². The number of nitrogens with two attached hydrogens (primary N) is 1. The molecular formula is C9H15ClF2N2O2S2. The van der Waals surface area contributed by atoms with Crippen LogP contribution in [0.25, 0.3) is 0 Å². The highest BCUT2D eigenvalue weighted by Gasteiger charge is 2.29. The summed E-state index contributed by atoms with van der Waals surface area (Å²) >= 11 is 1.07. The Morgan fingerprint density at radius 2 is 2.06 bits per heavy atom. The third kappa shape index (κ3) is 4.77. The summed E-state index contributed by atoms with van der Waals surface area (Å²) in [5, 5.41) is 0. The average Bonchev–Trinajstić information content (AvgIpc) is 2.76. The first-order chi connectivity index (χ1) is 7.80. The number of hydrogen-bond donors (Lipinski definition) is 2. The van der Waals surface area contributed by atoms with Gasteiger partial charge in [0, 0.05) is 4.88 Å². The van der Waals surface area contributed by atoms with E-state index in [0.717, 1.165) is 16.2 Å². The highest BCUT2D eigenvalue weighted by molar-refractivity contribution is 7.91. The van der Waals surface area contributed by atoms with Gasteiger partial charge in [0.25, 0.3) is 5.92 Å². The molecule has 0 fully saturated rings. The summed E-state index contributed by atoms with van der Waals surface area (Å²) in [7, 11) is -3.86. The Bertz CT molecular complexity index is 477. The lowest BCUT2D eigenvalue weighted by molar-refractivity contribution is 0.0170. The van der Waals surface area contributed by atoms with Crippen molar-refractivity contribution in [2.24, 2.45) is 5.73 Å².